The highest BCUT2D eigenvalue weighted by Gasteiger charge is 2.51. The average molecular weight is 420 g/mol. The minimum absolute atomic E-state index is 0.247. The maximum Gasteiger partial charge on any atom is 0.325 e. The van der Waals surface area contributed by atoms with Crippen LogP contribution in [-0.4, -0.2) is 34.8 Å². The van der Waals surface area contributed by atoms with E-state index in [1.807, 2.05) is 60.7 Å². The minimum atomic E-state index is -0.823. The van der Waals surface area contributed by atoms with Crippen molar-refractivity contribution in [3.05, 3.63) is 71.8 Å². The van der Waals surface area contributed by atoms with Crippen LogP contribution < -0.4 is 10.6 Å². The predicted molar refractivity (Wildman–Crippen MR) is 118 cm³/mol. The smallest absolute Gasteiger partial charge is 0.325 e. The van der Waals surface area contributed by atoms with Crippen molar-refractivity contribution in [3.8, 4) is 0 Å². The first-order valence-electron chi connectivity index (χ1n) is 11.1. The zero-order valence-electron chi connectivity index (χ0n) is 17.7. The highest BCUT2D eigenvalue weighted by atomic mass is 16.2. The topological polar surface area (TPSA) is 78.5 Å². The van der Waals surface area contributed by atoms with Crippen molar-refractivity contribution < 1.29 is 14.4 Å². The van der Waals surface area contributed by atoms with Gasteiger partial charge in [0.05, 0.1) is 6.04 Å². The van der Waals surface area contributed by atoms with Crippen LogP contribution >= 0.6 is 0 Å². The van der Waals surface area contributed by atoms with Gasteiger partial charge in [0.2, 0.25) is 5.91 Å². The Bertz CT molecular complexity index is 922. The van der Waals surface area contributed by atoms with Crippen LogP contribution in [0.1, 0.15) is 55.7 Å². The number of urea groups is 1. The van der Waals surface area contributed by atoms with Gasteiger partial charge in [0.25, 0.3) is 5.91 Å². The fourth-order valence-corrected chi connectivity index (χ4v) is 4.66. The Labute approximate surface area is 183 Å². The first-order valence-corrected chi connectivity index (χ1v) is 11.1. The van der Waals surface area contributed by atoms with E-state index >= 15 is 0 Å². The summed E-state index contributed by atoms with van der Waals surface area (Å²) >= 11 is 0. The number of benzene rings is 2. The van der Waals surface area contributed by atoms with Crippen molar-refractivity contribution in [2.75, 3.05) is 6.54 Å². The number of amides is 4. The molecule has 0 radical (unpaired) electrons. The monoisotopic (exact) mass is 419 g/mol. The first kappa shape index (κ1) is 21.1. The molecule has 1 spiro atoms. The second-order valence-electron chi connectivity index (χ2n) is 8.54. The molecule has 4 amide bonds. The Balaban J connectivity index is 1.46. The van der Waals surface area contributed by atoms with Crippen LogP contribution in [0.2, 0.25) is 0 Å². The lowest BCUT2D eigenvalue weighted by atomic mass is 9.90. The van der Waals surface area contributed by atoms with Crippen molar-refractivity contribution in [3.63, 3.8) is 0 Å². The Kier molecular flexibility index (Phi) is 6.35. The summed E-state index contributed by atoms with van der Waals surface area (Å²) in [6.45, 7) is -0.259. The summed E-state index contributed by atoms with van der Waals surface area (Å²) in [6, 6.07) is 19.0. The number of hydrogen-bond donors (Lipinski definition) is 2. The molecule has 31 heavy (non-hydrogen) atoms. The molecule has 162 valence electrons. The molecule has 0 aromatic heterocycles. The van der Waals surface area contributed by atoms with E-state index in [9.17, 15) is 14.4 Å². The highest BCUT2D eigenvalue weighted by molar-refractivity contribution is 6.09. The maximum atomic E-state index is 13.1. The molecule has 1 saturated heterocycles. The van der Waals surface area contributed by atoms with E-state index in [1.165, 1.54) is 0 Å². The molecule has 0 unspecified atom stereocenters. The Hall–Kier alpha value is -3.15. The standard InChI is InChI=1S/C25H29N3O3/c29-22(18-28-23(30)25(27-24(28)31)15-9-1-2-10-16-25)26-21(20-13-7-4-8-14-20)17-19-11-5-3-6-12-19/h3-8,11-14,21H,1-2,9-10,15-18H2,(H,26,29)(H,27,31)/t21-/m1/s1. The fraction of sp³-hybridized carbons (Fsp3) is 0.400. The summed E-state index contributed by atoms with van der Waals surface area (Å²) in [6.07, 6.45) is 5.90. The first-order chi connectivity index (χ1) is 15.1. The molecular weight excluding hydrogens is 390 g/mol. The third-order valence-electron chi connectivity index (χ3n) is 6.32. The van der Waals surface area contributed by atoms with E-state index in [2.05, 4.69) is 10.6 Å². The van der Waals surface area contributed by atoms with Gasteiger partial charge in [-0.05, 0) is 30.4 Å². The third kappa shape index (κ3) is 4.79. The molecule has 4 rings (SSSR count). The molecule has 2 fully saturated rings. The maximum absolute atomic E-state index is 13.1. The molecule has 6 heteroatoms. The van der Waals surface area contributed by atoms with Gasteiger partial charge in [0.1, 0.15) is 12.1 Å². The number of hydrogen-bond acceptors (Lipinski definition) is 3. The van der Waals surface area contributed by atoms with E-state index in [4.69, 9.17) is 0 Å². The molecule has 1 heterocycles. The molecule has 2 aromatic carbocycles. The van der Waals surface area contributed by atoms with Gasteiger partial charge in [0.15, 0.2) is 0 Å². The van der Waals surface area contributed by atoms with Gasteiger partial charge < -0.3 is 10.6 Å². The Morgan fingerprint density at radius 1 is 0.935 bits per heavy atom. The van der Waals surface area contributed by atoms with Gasteiger partial charge in [0, 0.05) is 0 Å². The van der Waals surface area contributed by atoms with Crippen molar-refractivity contribution >= 4 is 17.8 Å². The van der Waals surface area contributed by atoms with Crippen molar-refractivity contribution in [2.24, 2.45) is 0 Å². The summed E-state index contributed by atoms with van der Waals surface area (Å²) in [4.78, 5) is 39.7. The second-order valence-corrected chi connectivity index (χ2v) is 8.54. The van der Waals surface area contributed by atoms with Crippen LogP contribution in [-0.2, 0) is 16.0 Å². The molecule has 6 nitrogen and oxygen atoms in total. The molecule has 2 aromatic rings. The summed E-state index contributed by atoms with van der Waals surface area (Å²) < 4.78 is 0. The van der Waals surface area contributed by atoms with E-state index in [1.54, 1.807) is 0 Å². The average Bonchev–Trinajstić information content (AvgIpc) is 2.94. The van der Waals surface area contributed by atoms with E-state index < -0.39 is 11.6 Å². The number of carbonyl (C=O) groups excluding carboxylic acids is 3. The van der Waals surface area contributed by atoms with E-state index in [-0.39, 0.29) is 24.4 Å². The van der Waals surface area contributed by atoms with Crippen LogP contribution in [0.5, 0.6) is 0 Å². The normalized spacial score (nSPS) is 19.0. The second kappa shape index (κ2) is 9.33. The van der Waals surface area contributed by atoms with Crippen molar-refractivity contribution in [2.45, 2.75) is 56.5 Å². The highest BCUT2D eigenvalue weighted by Crippen LogP contribution is 2.32. The van der Waals surface area contributed by atoms with Crippen LogP contribution in [0.15, 0.2) is 60.7 Å². The summed E-state index contributed by atoms with van der Waals surface area (Å²) in [5, 5.41) is 5.94. The summed E-state index contributed by atoms with van der Waals surface area (Å²) in [7, 11) is 0. The van der Waals surface area contributed by atoms with E-state index in [0.29, 0.717) is 19.3 Å². The van der Waals surface area contributed by atoms with E-state index in [0.717, 1.165) is 41.7 Å². The lowest BCUT2D eigenvalue weighted by molar-refractivity contribution is -0.135. The molecule has 2 aliphatic rings. The number of nitrogens with zero attached hydrogens (tertiary/aromatic N) is 1. The molecule has 2 N–H and O–H groups in total. The quantitative estimate of drug-likeness (QED) is 0.701. The SMILES string of the molecule is O=C(CN1C(=O)NC2(CCCCCC2)C1=O)N[C@H](Cc1ccccc1)c1ccccc1. The fourth-order valence-electron chi connectivity index (χ4n) is 4.66. The molecular formula is C25H29N3O3. The van der Waals surface area contributed by atoms with Gasteiger partial charge in [-0.3, -0.25) is 14.5 Å². The van der Waals surface area contributed by atoms with Gasteiger partial charge in [-0.25, -0.2) is 4.79 Å². The lowest BCUT2D eigenvalue weighted by Crippen LogP contribution is -2.47. The van der Waals surface area contributed by atoms with Gasteiger partial charge in [-0.15, -0.1) is 0 Å². The molecule has 1 atom stereocenters. The van der Waals surface area contributed by atoms with Gasteiger partial charge in [-0.1, -0.05) is 86.3 Å². The van der Waals surface area contributed by atoms with Crippen LogP contribution in [0.25, 0.3) is 0 Å². The Morgan fingerprint density at radius 2 is 1.55 bits per heavy atom. The predicted octanol–water partition coefficient (Wildman–Crippen LogP) is 3.73. The molecule has 1 saturated carbocycles. The molecule has 1 aliphatic carbocycles. The zero-order valence-corrected chi connectivity index (χ0v) is 17.7. The van der Waals surface area contributed by atoms with Crippen LogP contribution in [0.4, 0.5) is 4.79 Å². The zero-order chi connectivity index (χ0) is 21.7. The number of imide groups is 1. The largest absolute Gasteiger partial charge is 0.347 e. The van der Waals surface area contributed by atoms with Crippen LogP contribution in [0, 0.1) is 0 Å². The lowest BCUT2D eigenvalue weighted by Gasteiger charge is -2.25. The van der Waals surface area contributed by atoms with Crippen LogP contribution in [0.3, 0.4) is 0 Å². The van der Waals surface area contributed by atoms with Gasteiger partial charge >= 0.3 is 6.03 Å². The summed E-state index contributed by atoms with van der Waals surface area (Å²) in [5.41, 5.74) is 1.26. The summed E-state index contributed by atoms with van der Waals surface area (Å²) in [5.74, 6) is -0.590. The number of nitrogens with one attached hydrogen (secondary N) is 2. The minimum Gasteiger partial charge on any atom is -0.347 e. The van der Waals surface area contributed by atoms with Gasteiger partial charge in [-0.2, -0.15) is 0 Å². The number of carbonyl (C=O) groups is 3. The Morgan fingerprint density at radius 3 is 2.19 bits per heavy atom. The van der Waals surface area contributed by atoms with Crippen molar-refractivity contribution in [1.82, 2.24) is 15.5 Å². The number of rotatable bonds is 6. The third-order valence-corrected chi connectivity index (χ3v) is 6.32. The molecule has 1 aliphatic heterocycles. The molecule has 0 bridgehead atoms. The van der Waals surface area contributed by atoms with Crippen molar-refractivity contribution in [1.29, 1.82) is 0 Å².